The van der Waals surface area contributed by atoms with Gasteiger partial charge in [-0.3, -0.25) is 4.79 Å². The Hall–Kier alpha value is -1.51. The maximum Gasteiger partial charge on any atom is 0.305 e. The smallest absolute Gasteiger partial charge is 0.305 e. The first kappa shape index (κ1) is 14.6. The van der Waals surface area contributed by atoms with Gasteiger partial charge in [-0.15, -0.1) is 0 Å². The summed E-state index contributed by atoms with van der Waals surface area (Å²) < 4.78 is 5.14. The number of carbonyl (C=O) groups is 1. The number of aromatic hydroxyl groups is 1. The summed E-state index contributed by atoms with van der Waals surface area (Å²) in [6, 6.07) is 5.54. The molecule has 0 fully saturated rings. The first-order chi connectivity index (χ1) is 8.63. The zero-order chi connectivity index (χ0) is 13.4. The Morgan fingerprint density at radius 3 is 2.78 bits per heavy atom. The number of rotatable bonds is 7. The van der Waals surface area contributed by atoms with Crippen LogP contribution in [0.5, 0.6) is 5.75 Å². The Labute approximate surface area is 109 Å². The molecule has 0 aliphatic carbocycles. The molecule has 0 aromatic heterocycles. The molecule has 1 aromatic rings. The summed E-state index contributed by atoms with van der Waals surface area (Å²) >= 11 is 0. The Kier molecular flexibility index (Phi) is 6.26. The summed E-state index contributed by atoms with van der Waals surface area (Å²) in [4.78, 5) is 11.4. The second-order valence-corrected chi connectivity index (χ2v) is 4.55. The van der Waals surface area contributed by atoms with Crippen LogP contribution in [0.4, 0.5) is 0 Å². The average Bonchev–Trinajstić information content (AvgIpc) is 2.34. The predicted molar refractivity (Wildman–Crippen MR) is 71.6 cm³/mol. The van der Waals surface area contributed by atoms with Crippen molar-refractivity contribution in [2.75, 3.05) is 6.61 Å². The summed E-state index contributed by atoms with van der Waals surface area (Å²) in [5, 5.41) is 9.54. The fraction of sp³-hybridized carbons (Fsp3) is 0.533. The molecule has 1 rings (SSSR count). The van der Waals surface area contributed by atoms with E-state index in [9.17, 15) is 9.90 Å². The van der Waals surface area contributed by atoms with E-state index in [0.29, 0.717) is 25.2 Å². The van der Waals surface area contributed by atoms with Gasteiger partial charge in [-0.05, 0) is 30.5 Å². The highest BCUT2D eigenvalue weighted by Gasteiger charge is 2.03. The lowest BCUT2D eigenvalue weighted by atomic mass is 10.1. The van der Waals surface area contributed by atoms with Gasteiger partial charge in [0.1, 0.15) is 5.75 Å². The van der Waals surface area contributed by atoms with Crippen LogP contribution in [-0.2, 0) is 16.0 Å². The minimum Gasteiger partial charge on any atom is -0.508 e. The molecule has 0 radical (unpaired) electrons. The van der Waals surface area contributed by atoms with Crippen LogP contribution >= 0.6 is 0 Å². The van der Waals surface area contributed by atoms with E-state index < -0.39 is 0 Å². The van der Waals surface area contributed by atoms with Crippen molar-refractivity contribution in [3.8, 4) is 5.75 Å². The maximum atomic E-state index is 11.4. The van der Waals surface area contributed by atoms with Gasteiger partial charge < -0.3 is 9.84 Å². The molecule has 0 atom stereocenters. The Balaban J connectivity index is 2.24. The highest BCUT2D eigenvalue weighted by molar-refractivity contribution is 5.69. The Bertz CT molecular complexity index is 385. The van der Waals surface area contributed by atoms with Gasteiger partial charge in [0.25, 0.3) is 0 Å². The molecule has 3 nitrogen and oxygen atoms in total. The molecule has 0 aliphatic heterocycles. The van der Waals surface area contributed by atoms with Crippen LogP contribution in [0.2, 0.25) is 0 Å². The molecular formula is C15H22O3. The second kappa shape index (κ2) is 7.75. The maximum absolute atomic E-state index is 11.4. The van der Waals surface area contributed by atoms with Gasteiger partial charge in [-0.2, -0.15) is 0 Å². The van der Waals surface area contributed by atoms with Crippen LogP contribution in [-0.4, -0.2) is 17.7 Å². The van der Waals surface area contributed by atoms with Crippen LogP contribution in [0.3, 0.4) is 0 Å². The third kappa shape index (κ3) is 5.21. The lowest BCUT2D eigenvalue weighted by Crippen LogP contribution is -2.07. The summed E-state index contributed by atoms with van der Waals surface area (Å²) in [5.41, 5.74) is 1.84. The SMILES string of the molecule is CCCCCC(=O)OCCc1ccc(C)c(O)c1. The highest BCUT2D eigenvalue weighted by atomic mass is 16.5. The first-order valence-corrected chi connectivity index (χ1v) is 6.57. The minimum atomic E-state index is -0.125. The van der Waals surface area contributed by atoms with Gasteiger partial charge in [0.2, 0.25) is 0 Å². The van der Waals surface area contributed by atoms with E-state index in [0.717, 1.165) is 30.4 Å². The van der Waals surface area contributed by atoms with E-state index in [-0.39, 0.29) is 5.97 Å². The molecule has 0 unspecified atom stereocenters. The molecule has 3 heteroatoms. The van der Waals surface area contributed by atoms with E-state index in [2.05, 4.69) is 6.92 Å². The number of phenolic OH excluding ortho intramolecular Hbond substituents is 1. The van der Waals surface area contributed by atoms with E-state index in [4.69, 9.17) is 4.74 Å². The van der Waals surface area contributed by atoms with Gasteiger partial charge in [-0.25, -0.2) is 0 Å². The van der Waals surface area contributed by atoms with Crippen molar-refractivity contribution in [3.05, 3.63) is 29.3 Å². The number of esters is 1. The van der Waals surface area contributed by atoms with Gasteiger partial charge in [0.05, 0.1) is 6.61 Å². The molecule has 1 aromatic carbocycles. The number of hydrogen-bond donors (Lipinski definition) is 1. The Morgan fingerprint density at radius 1 is 1.33 bits per heavy atom. The van der Waals surface area contributed by atoms with E-state index >= 15 is 0 Å². The van der Waals surface area contributed by atoms with Gasteiger partial charge >= 0.3 is 5.97 Å². The third-order valence-corrected chi connectivity index (χ3v) is 2.91. The minimum absolute atomic E-state index is 0.125. The topological polar surface area (TPSA) is 46.5 Å². The second-order valence-electron chi connectivity index (χ2n) is 4.55. The van der Waals surface area contributed by atoms with E-state index in [1.54, 1.807) is 6.07 Å². The monoisotopic (exact) mass is 250 g/mol. The zero-order valence-electron chi connectivity index (χ0n) is 11.2. The molecule has 0 aliphatic rings. The normalized spacial score (nSPS) is 10.3. The largest absolute Gasteiger partial charge is 0.508 e. The zero-order valence-corrected chi connectivity index (χ0v) is 11.2. The summed E-state index contributed by atoms with van der Waals surface area (Å²) in [7, 11) is 0. The molecule has 0 bridgehead atoms. The van der Waals surface area contributed by atoms with Crippen molar-refractivity contribution in [1.82, 2.24) is 0 Å². The molecule has 0 heterocycles. The van der Waals surface area contributed by atoms with Crippen molar-refractivity contribution in [3.63, 3.8) is 0 Å². The highest BCUT2D eigenvalue weighted by Crippen LogP contribution is 2.17. The number of aryl methyl sites for hydroxylation is 1. The number of carbonyl (C=O) groups excluding carboxylic acids is 1. The number of phenols is 1. The van der Waals surface area contributed by atoms with Crippen LogP contribution in [0.25, 0.3) is 0 Å². The van der Waals surface area contributed by atoms with E-state index in [1.807, 2.05) is 19.1 Å². The van der Waals surface area contributed by atoms with Crippen molar-refractivity contribution in [2.24, 2.45) is 0 Å². The van der Waals surface area contributed by atoms with Gasteiger partial charge in [0, 0.05) is 12.8 Å². The van der Waals surface area contributed by atoms with Crippen molar-refractivity contribution in [2.45, 2.75) is 46.0 Å². The summed E-state index contributed by atoms with van der Waals surface area (Å²) in [6.45, 7) is 4.34. The lowest BCUT2D eigenvalue weighted by Gasteiger charge is -2.06. The molecule has 0 saturated heterocycles. The van der Waals surface area contributed by atoms with E-state index in [1.165, 1.54) is 0 Å². The summed E-state index contributed by atoms with van der Waals surface area (Å²) in [6.07, 6.45) is 4.23. The van der Waals surface area contributed by atoms with Crippen molar-refractivity contribution < 1.29 is 14.6 Å². The average molecular weight is 250 g/mol. The number of benzene rings is 1. The van der Waals surface area contributed by atoms with Crippen LogP contribution < -0.4 is 0 Å². The number of unbranched alkanes of at least 4 members (excludes halogenated alkanes) is 2. The molecule has 0 amide bonds. The quantitative estimate of drug-likeness (QED) is 0.596. The standard InChI is InChI=1S/C15H22O3/c1-3-4-5-6-15(17)18-10-9-13-8-7-12(2)14(16)11-13/h7-8,11,16H,3-6,9-10H2,1-2H3. The molecule has 0 spiro atoms. The van der Waals surface area contributed by atoms with Gasteiger partial charge in [0.15, 0.2) is 0 Å². The predicted octanol–water partition coefficient (Wildman–Crippen LogP) is 3.37. The van der Waals surface area contributed by atoms with Crippen LogP contribution in [0, 0.1) is 6.92 Å². The molecule has 100 valence electrons. The Morgan fingerprint density at radius 2 is 2.11 bits per heavy atom. The fourth-order valence-electron chi connectivity index (χ4n) is 1.68. The lowest BCUT2D eigenvalue weighted by molar-refractivity contribution is -0.143. The van der Waals surface area contributed by atoms with Crippen molar-refractivity contribution >= 4 is 5.97 Å². The molecule has 0 saturated carbocycles. The van der Waals surface area contributed by atoms with Crippen LogP contribution in [0.15, 0.2) is 18.2 Å². The molecule has 18 heavy (non-hydrogen) atoms. The molecular weight excluding hydrogens is 228 g/mol. The van der Waals surface area contributed by atoms with Gasteiger partial charge in [-0.1, -0.05) is 31.9 Å². The number of ether oxygens (including phenoxy) is 1. The fourth-order valence-corrected chi connectivity index (χ4v) is 1.68. The number of hydrogen-bond acceptors (Lipinski definition) is 3. The summed E-state index contributed by atoms with van der Waals surface area (Å²) in [5.74, 6) is 0.168. The molecule has 1 N–H and O–H groups in total. The third-order valence-electron chi connectivity index (χ3n) is 2.91. The van der Waals surface area contributed by atoms with Crippen LogP contribution in [0.1, 0.15) is 43.7 Å². The van der Waals surface area contributed by atoms with Crippen molar-refractivity contribution in [1.29, 1.82) is 0 Å². The first-order valence-electron chi connectivity index (χ1n) is 6.57.